The number of hydrogen-bond acceptors (Lipinski definition) is 4. The molecule has 0 bridgehead atoms. The van der Waals surface area contributed by atoms with Crippen molar-refractivity contribution in [3.8, 4) is 0 Å². The fourth-order valence-electron chi connectivity index (χ4n) is 1.73. The minimum atomic E-state index is -0.0668. The van der Waals surface area contributed by atoms with E-state index in [1.807, 2.05) is 29.7 Å². The molecule has 0 radical (unpaired) electrons. The SMILES string of the molecule is Cc1ccc(NC(=O)CSc2nncn2C(C)C)c(Br)c1. The molecule has 0 aliphatic heterocycles. The van der Waals surface area contributed by atoms with Gasteiger partial charge in [0.2, 0.25) is 5.91 Å². The van der Waals surface area contributed by atoms with Crippen molar-refractivity contribution in [1.82, 2.24) is 14.8 Å². The molecule has 2 aromatic rings. The van der Waals surface area contributed by atoms with Crippen molar-refractivity contribution < 1.29 is 4.79 Å². The summed E-state index contributed by atoms with van der Waals surface area (Å²) in [5, 5.41) is 11.6. The number of nitrogens with zero attached hydrogens (tertiary/aromatic N) is 3. The molecule has 1 amide bonds. The van der Waals surface area contributed by atoms with Gasteiger partial charge in [-0.2, -0.15) is 0 Å². The number of aromatic nitrogens is 3. The summed E-state index contributed by atoms with van der Waals surface area (Å²) in [6.07, 6.45) is 1.68. The number of hydrogen-bond donors (Lipinski definition) is 1. The third-order valence-electron chi connectivity index (χ3n) is 2.83. The molecule has 0 atom stereocenters. The number of halogens is 1. The van der Waals surface area contributed by atoms with Gasteiger partial charge in [0.25, 0.3) is 0 Å². The molecule has 0 saturated carbocycles. The summed E-state index contributed by atoms with van der Waals surface area (Å²) >= 11 is 4.83. The minimum absolute atomic E-state index is 0.0668. The summed E-state index contributed by atoms with van der Waals surface area (Å²) in [5.41, 5.74) is 1.91. The van der Waals surface area contributed by atoms with Crippen LogP contribution in [0.3, 0.4) is 0 Å². The Kier molecular flexibility index (Phi) is 5.41. The Bertz CT molecular complexity index is 642. The molecule has 21 heavy (non-hydrogen) atoms. The van der Waals surface area contributed by atoms with Crippen LogP contribution < -0.4 is 5.32 Å². The van der Waals surface area contributed by atoms with Crippen molar-refractivity contribution in [2.24, 2.45) is 0 Å². The van der Waals surface area contributed by atoms with E-state index in [9.17, 15) is 4.79 Å². The quantitative estimate of drug-likeness (QED) is 0.818. The Morgan fingerprint density at radius 3 is 2.90 bits per heavy atom. The number of thioether (sulfide) groups is 1. The van der Waals surface area contributed by atoms with Crippen molar-refractivity contribution in [2.75, 3.05) is 11.1 Å². The highest BCUT2D eigenvalue weighted by Crippen LogP contribution is 2.24. The lowest BCUT2D eigenvalue weighted by atomic mass is 10.2. The van der Waals surface area contributed by atoms with E-state index in [0.29, 0.717) is 5.75 Å². The predicted octanol–water partition coefficient (Wildman–Crippen LogP) is 3.66. The third-order valence-corrected chi connectivity index (χ3v) is 4.44. The van der Waals surface area contributed by atoms with Gasteiger partial charge in [0.15, 0.2) is 5.16 Å². The molecular formula is C14H17BrN4OS. The van der Waals surface area contributed by atoms with Gasteiger partial charge in [-0.1, -0.05) is 17.8 Å². The van der Waals surface area contributed by atoms with E-state index in [-0.39, 0.29) is 11.9 Å². The Hall–Kier alpha value is -1.34. The summed E-state index contributed by atoms with van der Waals surface area (Å²) in [7, 11) is 0. The van der Waals surface area contributed by atoms with E-state index in [0.717, 1.165) is 20.9 Å². The molecular weight excluding hydrogens is 352 g/mol. The zero-order valence-electron chi connectivity index (χ0n) is 12.1. The highest BCUT2D eigenvalue weighted by Gasteiger charge is 2.11. The van der Waals surface area contributed by atoms with Crippen LogP contribution in [0.4, 0.5) is 5.69 Å². The summed E-state index contributed by atoms with van der Waals surface area (Å²) in [4.78, 5) is 12.0. The number of carbonyl (C=O) groups excluding carboxylic acids is 1. The lowest BCUT2D eigenvalue weighted by molar-refractivity contribution is -0.113. The average Bonchev–Trinajstić information content (AvgIpc) is 2.88. The first kappa shape index (κ1) is 16.0. The van der Waals surface area contributed by atoms with Crippen LogP contribution in [0.2, 0.25) is 0 Å². The summed E-state index contributed by atoms with van der Waals surface area (Å²) in [6, 6.07) is 6.09. The van der Waals surface area contributed by atoms with Gasteiger partial charge in [0, 0.05) is 10.5 Å². The molecule has 5 nitrogen and oxygen atoms in total. The van der Waals surface area contributed by atoms with Crippen LogP contribution in [-0.4, -0.2) is 26.4 Å². The van der Waals surface area contributed by atoms with Crippen molar-refractivity contribution in [2.45, 2.75) is 32.0 Å². The lowest BCUT2D eigenvalue weighted by Gasteiger charge is -2.10. The number of aryl methyl sites for hydroxylation is 1. The number of amides is 1. The number of benzene rings is 1. The summed E-state index contributed by atoms with van der Waals surface area (Å²) in [6.45, 7) is 6.11. The molecule has 0 aliphatic carbocycles. The van der Waals surface area contributed by atoms with E-state index >= 15 is 0 Å². The Balaban J connectivity index is 1.94. The van der Waals surface area contributed by atoms with Crippen molar-refractivity contribution in [1.29, 1.82) is 0 Å². The molecule has 1 aromatic heterocycles. The lowest BCUT2D eigenvalue weighted by Crippen LogP contribution is -2.15. The predicted molar refractivity (Wildman–Crippen MR) is 88.6 cm³/mol. The molecule has 0 aliphatic rings. The first-order valence-corrected chi connectivity index (χ1v) is 8.33. The maximum Gasteiger partial charge on any atom is 0.234 e. The normalized spacial score (nSPS) is 10.9. The largest absolute Gasteiger partial charge is 0.324 e. The summed E-state index contributed by atoms with van der Waals surface area (Å²) in [5.74, 6) is 0.231. The molecule has 112 valence electrons. The van der Waals surface area contributed by atoms with Gasteiger partial charge < -0.3 is 9.88 Å². The van der Waals surface area contributed by atoms with Gasteiger partial charge in [0.1, 0.15) is 6.33 Å². The molecule has 0 saturated heterocycles. The number of nitrogens with one attached hydrogen (secondary N) is 1. The van der Waals surface area contributed by atoms with Crippen LogP contribution in [0.15, 0.2) is 34.2 Å². The Labute approximate surface area is 136 Å². The molecule has 1 heterocycles. The molecule has 0 fully saturated rings. The zero-order chi connectivity index (χ0) is 15.4. The Morgan fingerprint density at radius 2 is 2.24 bits per heavy atom. The van der Waals surface area contributed by atoms with Gasteiger partial charge in [-0.3, -0.25) is 4.79 Å². The van der Waals surface area contributed by atoms with Crippen molar-refractivity contribution in [3.63, 3.8) is 0 Å². The van der Waals surface area contributed by atoms with Gasteiger partial charge in [-0.05, 0) is 54.4 Å². The van der Waals surface area contributed by atoms with Crippen LogP contribution >= 0.6 is 27.7 Å². The maximum absolute atomic E-state index is 12.0. The van der Waals surface area contributed by atoms with Crippen LogP contribution in [-0.2, 0) is 4.79 Å². The Morgan fingerprint density at radius 1 is 1.48 bits per heavy atom. The molecule has 0 spiro atoms. The van der Waals surface area contributed by atoms with E-state index < -0.39 is 0 Å². The van der Waals surface area contributed by atoms with Crippen molar-refractivity contribution in [3.05, 3.63) is 34.6 Å². The van der Waals surface area contributed by atoms with Gasteiger partial charge in [-0.15, -0.1) is 10.2 Å². The minimum Gasteiger partial charge on any atom is -0.324 e. The van der Waals surface area contributed by atoms with Gasteiger partial charge >= 0.3 is 0 Å². The van der Waals surface area contributed by atoms with Crippen LogP contribution in [0.5, 0.6) is 0 Å². The molecule has 0 unspecified atom stereocenters. The van der Waals surface area contributed by atoms with E-state index in [2.05, 4.69) is 45.3 Å². The van der Waals surface area contributed by atoms with E-state index in [1.165, 1.54) is 11.8 Å². The average molecular weight is 369 g/mol. The number of rotatable bonds is 5. The van der Waals surface area contributed by atoms with Crippen molar-refractivity contribution >= 4 is 39.3 Å². The first-order chi connectivity index (χ1) is 9.97. The number of carbonyl (C=O) groups is 1. The molecule has 1 N–H and O–H groups in total. The van der Waals surface area contributed by atoms with E-state index in [1.54, 1.807) is 6.33 Å². The monoisotopic (exact) mass is 368 g/mol. The van der Waals surface area contributed by atoms with E-state index in [4.69, 9.17) is 0 Å². The smallest absolute Gasteiger partial charge is 0.234 e. The third kappa shape index (κ3) is 4.31. The fourth-order valence-corrected chi connectivity index (χ4v) is 3.16. The molecule has 1 aromatic carbocycles. The molecule has 7 heteroatoms. The highest BCUT2D eigenvalue weighted by atomic mass is 79.9. The van der Waals surface area contributed by atoms with Gasteiger partial charge in [0.05, 0.1) is 11.4 Å². The second kappa shape index (κ2) is 7.09. The standard InChI is InChI=1S/C14H17BrN4OS/c1-9(2)19-8-16-18-14(19)21-7-13(20)17-12-5-4-10(3)6-11(12)15/h4-6,8-9H,7H2,1-3H3,(H,17,20). The van der Waals surface area contributed by atoms with Crippen LogP contribution in [0.1, 0.15) is 25.5 Å². The first-order valence-electron chi connectivity index (χ1n) is 6.55. The van der Waals surface area contributed by atoms with Crippen LogP contribution in [0.25, 0.3) is 0 Å². The second-order valence-corrected chi connectivity index (χ2v) is 6.73. The topological polar surface area (TPSA) is 59.8 Å². The van der Waals surface area contributed by atoms with Gasteiger partial charge in [-0.25, -0.2) is 0 Å². The zero-order valence-corrected chi connectivity index (χ0v) is 14.5. The maximum atomic E-state index is 12.0. The second-order valence-electron chi connectivity index (χ2n) is 4.93. The molecule has 2 rings (SSSR count). The summed E-state index contributed by atoms with van der Waals surface area (Å²) < 4.78 is 2.82. The fraction of sp³-hybridized carbons (Fsp3) is 0.357. The van der Waals surface area contributed by atoms with Crippen LogP contribution in [0, 0.1) is 6.92 Å². The highest BCUT2D eigenvalue weighted by molar-refractivity contribution is 9.10. The number of anilines is 1.